The van der Waals surface area contributed by atoms with Crippen molar-refractivity contribution in [3.8, 4) is 5.75 Å². The van der Waals surface area contributed by atoms with Crippen LogP contribution in [-0.4, -0.2) is 30.0 Å². The zero-order valence-electron chi connectivity index (χ0n) is 15.4. The van der Waals surface area contributed by atoms with Gasteiger partial charge in [-0.25, -0.2) is 9.18 Å². The zero-order valence-corrected chi connectivity index (χ0v) is 15.4. The largest absolute Gasteiger partial charge is 0.494 e. The number of rotatable bonds is 5. The maximum absolute atomic E-state index is 13.1. The molecule has 6 nitrogen and oxygen atoms in total. The monoisotopic (exact) mass is 381 g/mol. The average Bonchev–Trinajstić information content (AvgIpc) is 2.99. The molecule has 0 fully saturated rings. The van der Waals surface area contributed by atoms with Crippen molar-refractivity contribution in [1.82, 2.24) is 15.5 Å². The van der Waals surface area contributed by atoms with E-state index < -0.39 is 6.04 Å². The molecule has 3 amide bonds. The Labute approximate surface area is 162 Å². The van der Waals surface area contributed by atoms with Crippen LogP contribution in [0.15, 0.2) is 59.8 Å². The van der Waals surface area contributed by atoms with Gasteiger partial charge in [0.05, 0.1) is 30.5 Å². The van der Waals surface area contributed by atoms with E-state index in [9.17, 15) is 14.0 Å². The van der Waals surface area contributed by atoms with Crippen LogP contribution in [0.2, 0.25) is 0 Å². The first-order valence-corrected chi connectivity index (χ1v) is 9.12. The minimum Gasteiger partial charge on any atom is -0.494 e. The Morgan fingerprint density at radius 1 is 1.11 bits per heavy atom. The normalized spacial score (nSPS) is 18.6. The maximum Gasteiger partial charge on any atom is 0.319 e. The predicted molar refractivity (Wildman–Crippen MR) is 101 cm³/mol. The molecule has 0 saturated heterocycles. The molecule has 2 aliphatic heterocycles. The Morgan fingerprint density at radius 3 is 2.50 bits per heavy atom. The summed E-state index contributed by atoms with van der Waals surface area (Å²) in [4.78, 5) is 26.8. The van der Waals surface area contributed by atoms with Gasteiger partial charge in [-0.05, 0) is 42.3 Å². The van der Waals surface area contributed by atoms with Crippen molar-refractivity contribution in [2.24, 2.45) is 0 Å². The van der Waals surface area contributed by atoms with Crippen molar-refractivity contribution >= 4 is 11.9 Å². The smallest absolute Gasteiger partial charge is 0.319 e. The number of urea groups is 1. The lowest BCUT2D eigenvalue weighted by atomic mass is 9.96. The fourth-order valence-corrected chi connectivity index (χ4v) is 3.54. The summed E-state index contributed by atoms with van der Waals surface area (Å²) in [6.07, 6.45) is 0. The fourth-order valence-electron chi connectivity index (χ4n) is 3.54. The van der Waals surface area contributed by atoms with Crippen molar-refractivity contribution in [1.29, 1.82) is 0 Å². The van der Waals surface area contributed by atoms with Gasteiger partial charge in [0.25, 0.3) is 5.91 Å². The van der Waals surface area contributed by atoms with Gasteiger partial charge in [-0.3, -0.25) is 4.79 Å². The number of carbonyl (C=O) groups excluding carboxylic acids is 2. The van der Waals surface area contributed by atoms with Gasteiger partial charge in [0.2, 0.25) is 0 Å². The molecule has 2 aliphatic rings. The summed E-state index contributed by atoms with van der Waals surface area (Å²) in [5.74, 6) is 0.267. The van der Waals surface area contributed by atoms with E-state index in [0.717, 1.165) is 16.9 Å². The Hall–Kier alpha value is -3.35. The molecule has 7 heteroatoms. The summed E-state index contributed by atoms with van der Waals surface area (Å²) >= 11 is 0. The van der Waals surface area contributed by atoms with Crippen LogP contribution in [0.4, 0.5) is 9.18 Å². The van der Waals surface area contributed by atoms with Crippen molar-refractivity contribution < 1.29 is 18.7 Å². The molecule has 0 saturated carbocycles. The van der Waals surface area contributed by atoms with E-state index in [1.807, 2.05) is 31.2 Å². The van der Waals surface area contributed by atoms with Gasteiger partial charge >= 0.3 is 6.03 Å². The van der Waals surface area contributed by atoms with Crippen LogP contribution in [0.5, 0.6) is 5.75 Å². The topological polar surface area (TPSA) is 70.7 Å². The number of hydrogen-bond donors (Lipinski definition) is 2. The highest BCUT2D eigenvalue weighted by molar-refractivity contribution is 6.01. The molecule has 2 heterocycles. The van der Waals surface area contributed by atoms with Crippen LogP contribution in [0.3, 0.4) is 0 Å². The van der Waals surface area contributed by atoms with E-state index in [1.165, 1.54) is 12.1 Å². The third-order valence-electron chi connectivity index (χ3n) is 4.83. The molecule has 1 atom stereocenters. The highest BCUT2D eigenvalue weighted by Gasteiger charge is 2.40. The highest BCUT2D eigenvalue weighted by Crippen LogP contribution is 2.33. The van der Waals surface area contributed by atoms with Crippen molar-refractivity contribution in [2.75, 3.05) is 13.2 Å². The van der Waals surface area contributed by atoms with E-state index in [1.54, 1.807) is 17.0 Å². The number of hydrogen-bond acceptors (Lipinski definition) is 3. The van der Waals surface area contributed by atoms with Gasteiger partial charge in [-0.2, -0.15) is 0 Å². The summed E-state index contributed by atoms with van der Waals surface area (Å²) in [5.41, 5.74) is 2.77. The number of halogens is 1. The second kappa shape index (κ2) is 7.34. The molecule has 0 radical (unpaired) electrons. The summed E-state index contributed by atoms with van der Waals surface area (Å²) in [6, 6.07) is 12.5. The molecule has 0 bridgehead atoms. The van der Waals surface area contributed by atoms with E-state index in [-0.39, 0.29) is 17.8 Å². The lowest BCUT2D eigenvalue weighted by Gasteiger charge is -2.25. The summed E-state index contributed by atoms with van der Waals surface area (Å²) in [7, 11) is 0. The molecular formula is C21H20FN3O3. The van der Waals surface area contributed by atoms with Crippen LogP contribution in [0.25, 0.3) is 0 Å². The number of amides is 3. The van der Waals surface area contributed by atoms with E-state index in [2.05, 4.69) is 10.6 Å². The van der Waals surface area contributed by atoms with Gasteiger partial charge in [0, 0.05) is 6.54 Å². The van der Waals surface area contributed by atoms with Crippen molar-refractivity contribution in [3.63, 3.8) is 0 Å². The van der Waals surface area contributed by atoms with Gasteiger partial charge < -0.3 is 20.3 Å². The second-order valence-corrected chi connectivity index (χ2v) is 6.71. The molecule has 0 unspecified atom stereocenters. The molecule has 2 aromatic rings. The molecule has 0 aliphatic carbocycles. The fraction of sp³-hybridized carbons (Fsp3) is 0.238. The molecule has 0 aromatic heterocycles. The van der Waals surface area contributed by atoms with Crippen molar-refractivity contribution in [2.45, 2.75) is 19.5 Å². The third-order valence-corrected chi connectivity index (χ3v) is 4.83. The Balaban J connectivity index is 1.58. The second-order valence-electron chi connectivity index (χ2n) is 6.71. The first-order valence-electron chi connectivity index (χ1n) is 9.12. The number of nitrogens with zero attached hydrogens (tertiary/aromatic N) is 1. The van der Waals surface area contributed by atoms with Gasteiger partial charge in [-0.1, -0.05) is 24.3 Å². The zero-order chi connectivity index (χ0) is 19.7. The van der Waals surface area contributed by atoms with E-state index in [4.69, 9.17) is 4.74 Å². The minimum absolute atomic E-state index is 0.147. The lowest BCUT2D eigenvalue weighted by Crippen LogP contribution is -2.44. The molecule has 28 heavy (non-hydrogen) atoms. The predicted octanol–water partition coefficient (Wildman–Crippen LogP) is 2.87. The first kappa shape index (κ1) is 18.0. The Kier molecular flexibility index (Phi) is 4.73. The average molecular weight is 381 g/mol. The quantitative estimate of drug-likeness (QED) is 0.837. The van der Waals surface area contributed by atoms with Crippen LogP contribution in [-0.2, 0) is 11.3 Å². The summed E-state index contributed by atoms with van der Waals surface area (Å²) in [5, 5.41) is 5.58. The van der Waals surface area contributed by atoms with E-state index in [0.29, 0.717) is 31.0 Å². The SMILES string of the molecule is CCOc1ccc([C@@H]2NC(=O)NC3=C2C(=O)N(Cc2ccc(F)cc2)C3)cc1. The maximum atomic E-state index is 13.1. The number of benzene rings is 2. The van der Waals surface area contributed by atoms with Gasteiger partial charge in [0.1, 0.15) is 11.6 Å². The van der Waals surface area contributed by atoms with Gasteiger partial charge in [-0.15, -0.1) is 0 Å². The molecular weight excluding hydrogens is 361 g/mol. The van der Waals surface area contributed by atoms with Crippen molar-refractivity contribution in [3.05, 3.63) is 76.7 Å². The van der Waals surface area contributed by atoms with Gasteiger partial charge in [0.15, 0.2) is 0 Å². The molecule has 4 rings (SSSR count). The van der Waals surface area contributed by atoms with Crippen LogP contribution in [0.1, 0.15) is 24.1 Å². The molecule has 2 aromatic carbocycles. The minimum atomic E-state index is -0.523. The summed E-state index contributed by atoms with van der Waals surface area (Å²) in [6.45, 7) is 3.13. The molecule has 2 N–H and O–H groups in total. The lowest BCUT2D eigenvalue weighted by molar-refractivity contribution is -0.126. The van der Waals surface area contributed by atoms with Crippen LogP contribution in [0, 0.1) is 5.82 Å². The molecule has 144 valence electrons. The molecule has 0 spiro atoms. The van der Waals surface area contributed by atoms with E-state index >= 15 is 0 Å². The number of nitrogens with one attached hydrogen (secondary N) is 2. The van der Waals surface area contributed by atoms with Crippen LogP contribution < -0.4 is 15.4 Å². The Bertz CT molecular complexity index is 938. The van der Waals surface area contributed by atoms with Crippen LogP contribution >= 0.6 is 0 Å². The number of carbonyl (C=O) groups is 2. The third kappa shape index (κ3) is 3.43. The standard InChI is InChI=1S/C21H20FN3O3/c1-2-28-16-9-5-14(6-10-16)19-18-17(23-21(27)24-19)12-25(20(18)26)11-13-3-7-15(22)8-4-13/h3-10,19H,2,11-12H2,1H3,(H2,23,24,27)/t19-/m0/s1. The summed E-state index contributed by atoms with van der Waals surface area (Å²) < 4.78 is 18.6. The first-order chi connectivity index (χ1) is 13.5. The highest BCUT2D eigenvalue weighted by atomic mass is 19.1. The number of ether oxygens (including phenoxy) is 1. The Morgan fingerprint density at radius 2 is 1.82 bits per heavy atom.